The molecule has 5 heteroatoms. The Labute approximate surface area is 121 Å². The molecule has 0 aliphatic heterocycles. The van der Waals surface area contributed by atoms with Crippen LogP contribution in [0.1, 0.15) is 21.5 Å². The van der Waals surface area contributed by atoms with Crippen LogP contribution >= 0.6 is 23.2 Å². The minimum absolute atomic E-state index is 0.255. The molecule has 3 nitrogen and oxygen atoms in total. The van der Waals surface area contributed by atoms with Gasteiger partial charge in [-0.3, -0.25) is 4.79 Å². The third kappa shape index (κ3) is 3.25. The summed E-state index contributed by atoms with van der Waals surface area (Å²) in [5.41, 5.74) is 2.78. The van der Waals surface area contributed by atoms with Gasteiger partial charge in [-0.05, 0) is 43.2 Å². The Morgan fingerprint density at radius 2 is 1.95 bits per heavy atom. The summed E-state index contributed by atoms with van der Waals surface area (Å²) >= 11 is 11.8. The van der Waals surface area contributed by atoms with Gasteiger partial charge in [-0.1, -0.05) is 29.3 Å². The summed E-state index contributed by atoms with van der Waals surface area (Å²) in [7, 11) is 0. The van der Waals surface area contributed by atoms with E-state index in [0.29, 0.717) is 16.3 Å². The molecule has 0 spiro atoms. The van der Waals surface area contributed by atoms with E-state index in [-0.39, 0.29) is 11.1 Å². The van der Waals surface area contributed by atoms with Crippen molar-refractivity contribution in [2.75, 3.05) is 5.32 Å². The lowest BCUT2D eigenvalue weighted by atomic mass is 10.1. The number of nitrogens with one attached hydrogen (secondary N) is 1. The molecule has 2 aromatic rings. The molecule has 0 bridgehead atoms. The first-order valence-electron chi connectivity index (χ1n) is 5.67. The van der Waals surface area contributed by atoms with Crippen molar-refractivity contribution >= 4 is 34.8 Å². The van der Waals surface area contributed by atoms with Gasteiger partial charge in [0.15, 0.2) is 5.15 Å². The summed E-state index contributed by atoms with van der Waals surface area (Å²) in [4.78, 5) is 16.2. The van der Waals surface area contributed by atoms with Crippen LogP contribution < -0.4 is 5.32 Å². The molecule has 19 heavy (non-hydrogen) atoms. The van der Waals surface area contributed by atoms with E-state index in [1.807, 2.05) is 13.8 Å². The second-order valence-electron chi connectivity index (χ2n) is 4.26. The number of hydrogen-bond acceptors (Lipinski definition) is 2. The first kappa shape index (κ1) is 13.8. The molecular weight excluding hydrogens is 283 g/mol. The summed E-state index contributed by atoms with van der Waals surface area (Å²) in [6.07, 6.45) is 1.64. The van der Waals surface area contributed by atoms with E-state index < -0.39 is 0 Å². The predicted octanol–water partition coefficient (Wildman–Crippen LogP) is 4.26. The van der Waals surface area contributed by atoms with Crippen LogP contribution in [0.5, 0.6) is 0 Å². The third-order valence-electron chi connectivity index (χ3n) is 2.67. The molecular formula is C14H12Cl2N2O. The highest BCUT2D eigenvalue weighted by atomic mass is 35.5. The van der Waals surface area contributed by atoms with Crippen LogP contribution in [0.15, 0.2) is 30.5 Å². The molecule has 0 aliphatic carbocycles. The van der Waals surface area contributed by atoms with Gasteiger partial charge in [-0.25, -0.2) is 4.98 Å². The Balaban J connectivity index is 2.30. The van der Waals surface area contributed by atoms with Gasteiger partial charge in [0, 0.05) is 16.8 Å². The predicted molar refractivity (Wildman–Crippen MR) is 78.1 cm³/mol. The zero-order valence-electron chi connectivity index (χ0n) is 10.5. The minimum Gasteiger partial charge on any atom is -0.319 e. The summed E-state index contributed by atoms with van der Waals surface area (Å²) in [5, 5.41) is 3.52. The maximum atomic E-state index is 12.2. The van der Waals surface area contributed by atoms with Crippen molar-refractivity contribution in [3.05, 3.63) is 57.3 Å². The highest BCUT2D eigenvalue weighted by Gasteiger charge is 2.12. The number of carbonyl (C=O) groups excluding carboxylic acids is 1. The minimum atomic E-state index is -0.255. The van der Waals surface area contributed by atoms with Crippen molar-refractivity contribution in [1.82, 2.24) is 4.98 Å². The molecule has 0 radical (unpaired) electrons. The Morgan fingerprint density at radius 3 is 2.68 bits per heavy atom. The van der Waals surface area contributed by atoms with Gasteiger partial charge in [0.1, 0.15) is 0 Å². The molecule has 0 saturated carbocycles. The summed E-state index contributed by atoms with van der Waals surface area (Å²) in [5.74, 6) is -0.255. The van der Waals surface area contributed by atoms with Crippen LogP contribution in [0.25, 0.3) is 0 Å². The Morgan fingerprint density at radius 1 is 1.21 bits per heavy atom. The van der Waals surface area contributed by atoms with Crippen molar-refractivity contribution in [1.29, 1.82) is 0 Å². The van der Waals surface area contributed by atoms with Crippen LogP contribution in [-0.2, 0) is 0 Å². The largest absolute Gasteiger partial charge is 0.319 e. The number of rotatable bonds is 2. The van der Waals surface area contributed by atoms with E-state index in [2.05, 4.69) is 10.3 Å². The van der Waals surface area contributed by atoms with Gasteiger partial charge < -0.3 is 5.32 Å². The first-order valence-corrected chi connectivity index (χ1v) is 6.42. The number of halogens is 2. The number of carbonyl (C=O) groups is 1. The lowest BCUT2D eigenvalue weighted by molar-refractivity contribution is 0.102. The summed E-state index contributed by atoms with van der Waals surface area (Å²) in [6, 6.07) is 6.94. The van der Waals surface area contributed by atoms with E-state index >= 15 is 0 Å². The number of nitrogens with zero attached hydrogens (tertiary/aromatic N) is 1. The van der Waals surface area contributed by atoms with E-state index in [1.165, 1.54) is 0 Å². The smallest absolute Gasteiger partial charge is 0.256 e. The fourth-order valence-electron chi connectivity index (χ4n) is 1.67. The molecule has 1 N–H and O–H groups in total. The standard InChI is InChI=1S/C14H12Cl2N2O/c1-8-5-12(13(16)17-7-8)18-14(19)11-6-10(15)4-3-9(11)2/h3-7H,1-2H3,(H,18,19). The van der Waals surface area contributed by atoms with Gasteiger partial charge in [0.2, 0.25) is 0 Å². The number of hydrogen-bond donors (Lipinski definition) is 1. The molecule has 0 aliphatic rings. The van der Waals surface area contributed by atoms with E-state index in [4.69, 9.17) is 23.2 Å². The van der Waals surface area contributed by atoms with Crippen LogP contribution in [-0.4, -0.2) is 10.9 Å². The average molecular weight is 295 g/mol. The van der Waals surface area contributed by atoms with Gasteiger partial charge in [-0.2, -0.15) is 0 Å². The first-order chi connectivity index (χ1) is 8.97. The molecule has 1 aromatic heterocycles. The zero-order chi connectivity index (χ0) is 14.0. The number of amides is 1. The Kier molecular flexibility index (Phi) is 4.08. The molecule has 98 valence electrons. The van der Waals surface area contributed by atoms with Gasteiger partial charge in [0.05, 0.1) is 5.69 Å². The topological polar surface area (TPSA) is 42.0 Å². The van der Waals surface area contributed by atoms with Crippen LogP contribution in [0, 0.1) is 13.8 Å². The van der Waals surface area contributed by atoms with Crippen LogP contribution in [0.2, 0.25) is 10.2 Å². The lowest BCUT2D eigenvalue weighted by Crippen LogP contribution is -2.14. The lowest BCUT2D eigenvalue weighted by Gasteiger charge is -2.09. The summed E-state index contributed by atoms with van der Waals surface area (Å²) in [6.45, 7) is 3.73. The second-order valence-corrected chi connectivity index (χ2v) is 5.06. The van der Waals surface area contributed by atoms with Crippen LogP contribution in [0.4, 0.5) is 5.69 Å². The molecule has 0 unspecified atom stereocenters. The number of benzene rings is 1. The number of aromatic nitrogens is 1. The fourth-order valence-corrected chi connectivity index (χ4v) is 1.99. The van der Waals surface area contributed by atoms with Crippen molar-refractivity contribution in [2.45, 2.75) is 13.8 Å². The van der Waals surface area contributed by atoms with E-state index in [9.17, 15) is 4.79 Å². The SMILES string of the molecule is Cc1cnc(Cl)c(NC(=O)c2cc(Cl)ccc2C)c1. The van der Waals surface area contributed by atoms with E-state index in [0.717, 1.165) is 11.1 Å². The quantitative estimate of drug-likeness (QED) is 0.841. The average Bonchev–Trinajstić information content (AvgIpc) is 2.36. The number of aryl methyl sites for hydroxylation is 2. The Bertz CT molecular complexity index is 641. The number of anilines is 1. The summed E-state index contributed by atoms with van der Waals surface area (Å²) < 4.78 is 0. The maximum absolute atomic E-state index is 12.2. The van der Waals surface area contributed by atoms with E-state index in [1.54, 1.807) is 30.5 Å². The maximum Gasteiger partial charge on any atom is 0.256 e. The monoisotopic (exact) mass is 294 g/mol. The van der Waals surface area contributed by atoms with Gasteiger partial charge in [-0.15, -0.1) is 0 Å². The highest BCUT2D eigenvalue weighted by molar-refractivity contribution is 6.33. The Hall–Kier alpha value is -1.58. The zero-order valence-corrected chi connectivity index (χ0v) is 12.0. The van der Waals surface area contributed by atoms with Crippen molar-refractivity contribution in [3.8, 4) is 0 Å². The molecule has 0 saturated heterocycles. The molecule has 0 fully saturated rings. The van der Waals surface area contributed by atoms with Gasteiger partial charge in [0.25, 0.3) is 5.91 Å². The molecule has 2 rings (SSSR count). The highest BCUT2D eigenvalue weighted by Crippen LogP contribution is 2.22. The molecule has 1 amide bonds. The third-order valence-corrected chi connectivity index (χ3v) is 3.20. The van der Waals surface area contributed by atoms with Crippen molar-refractivity contribution in [2.24, 2.45) is 0 Å². The van der Waals surface area contributed by atoms with Crippen molar-refractivity contribution in [3.63, 3.8) is 0 Å². The normalized spacial score (nSPS) is 10.3. The van der Waals surface area contributed by atoms with Crippen molar-refractivity contribution < 1.29 is 4.79 Å². The van der Waals surface area contributed by atoms with Crippen LogP contribution in [0.3, 0.4) is 0 Å². The van der Waals surface area contributed by atoms with Gasteiger partial charge >= 0.3 is 0 Å². The fraction of sp³-hybridized carbons (Fsp3) is 0.143. The second kappa shape index (κ2) is 5.59. The molecule has 1 aromatic carbocycles. The molecule has 1 heterocycles. The number of pyridine rings is 1. The molecule has 0 atom stereocenters.